The van der Waals surface area contributed by atoms with E-state index < -0.39 is 5.54 Å². The lowest BCUT2D eigenvalue weighted by Gasteiger charge is -2.33. The molecule has 0 bridgehead atoms. The maximum Gasteiger partial charge on any atom is 0.195 e. The Morgan fingerprint density at radius 1 is 1.08 bits per heavy atom. The van der Waals surface area contributed by atoms with Crippen molar-refractivity contribution in [2.45, 2.75) is 33.2 Å². The SMILES string of the molecule is Cc1cc(C)cc(N2C(N)=C(c3nc4ccccc4[nH]3)C(=O)C2(C)C)c1. The first-order valence-electron chi connectivity index (χ1n) is 8.67. The van der Waals surface area contributed by atoms with E-state index in [0.29, 0.717) is 17.2 Å². The van der Waals surface area contributed by atoms with Crippen LogP contribution in [0, 0.1) is 13.8 Å². The molecule has 0 saturated heterocycles. The van der Waals surface area contributed by atoms with Gasteiger partial charge in [0.25, 0.3) is 0 Å². The Labute approximate surface area is 152 Å². The van der Waals surface area contributed by atoms with Crippen LogP contribution < -0.4 is 10.6 Å². The van der Waals surface area contributed by atoms with Gasteiger partial charge >= 0.3 is 0 Å². The van der Waals surface area contributed by atoms with E-state index in [0.717, 1.165) is 27.8 Å². The number of hydrogen-bond acceptors (Lipinski definition) is 4. The number of nitrogens with zero attached hydrogens (tertiary/aromatic N) is 2. The van der Waals surface area contributed by atoms with Gasteiger partial charge in [0, 0.05) is 5.69 Å². The number of H-pyrrole nitrogens is 1. The van der Waals surface area contributed by atoms with Crippen LogP contribution in [0.4, 0.5) is 5.69 Å². The van der Waals surface area contributed by atoms with Crippen LogP contribution in [0.15, 0.2) is 48.3 Å². The number of aromatic amines is 1. The molecule has 1 aliphatic rings. The number of fused-ring (bicyclic) bond motifs is 1. The fraction of sp³-hybridized carbons (Fsp3) is 0.238. The van der Waals surface area contributed by atoms with Gasteiger partial charge in [-0.1, -0.05) is 18.2 Å². The third-order valence-corrected chi connectivity index (χ3v) is 4.93. The van der Waals surface area contributed by atoms with E-state index in [9.17, 15) is 4.79 Å². The normalized spacial score (nSPS) is 16.8. The summed E-state index contributed by atoms with van der Waals surface area (Å²) in [5, 5.41) is 0. The number of rotatable bonds is 2. The monoisotopic (exact) mass is 346 g/mol. The minimum Gasteiger partial charge on any atom is -0.384 e. The summed E-state index contributed by atoms with van der Waals surface area (Å²) in [7, 11) is 0. The number of benzene rings is 2. The number of aromatic nitrogens is 2. The van der Waals surface area contributed by atoms with E-state index in [4.69, 9.17) is 5.73 Å². The zero-order chi connectivity index (χ0) is 18.6. The summed E-state index contributed by atoms with van der Waals surface area (Å²) in [4.78, 5) is 23.0. The number of anilines is 1. The van der Waals surface area contributed by atoms with E-state index in [2.05, 4.69) is 28.2 Å². The van der Waals surface area contributed by atoms with E-state index in [1.165, 1.54) is 0 Å². The molecule has 3 aromatic rings. The van der Waals surface area contributed by atoms with Crippen molar-refractivity contribution in [3.8, 4) is 0 Å². The molecule has 2 heterocycles. The molecule has 1 aliphatic heterocycles. The summed E-state index contributed by atoms with van der Waals surface area (Å²) in [6, 6.07) is 13.9. The number of carbonyl (C=O) groups excluding carboxylic acids is 1. The number of carbonyl (C=O) groups is 1. The third kappa shape index (κ3) is 2.31. The molecule has 0 amide bonds. The Morgan fingerprint density at radius 3 is 2.38 bits per heavy atom. The topological polar surface area (TPSA) is 75.0 Å². The second-order valence-electron chi connectivity index (χ2n) is 7.43. The van der Waals surface area contributed by atoms with Crippen molar-refractivity contribution >= 4 is 28.1 Å². The zero-order valence-corrected chi connectivity index (χ0v) is 15.4. The van der Waals surface area contributed by atoms with Crippen LogP contribution in [0.25, 0.3) is 16.6 Å². The maximum absolute atomic E-state index is 13.2. The van der Waals surface area contributed by atoms with Crippen LogP contribution in [0.5, 0.6) is 0 Å². The Morgan fingerprint density at radius 2 is 1.73 bits per heavy atom. The predicted molar refractivity (Wildman–Crippen MR) is 105 cm³/mol. The maximum atomic E-state index is 13.2. The minimum absolute atomic E-state index is 0.0341. The second-order valence-corrected chi connectivity index (χ2v) is 7.43. The molecule has 0 atom stereocenters. The zero-order valence-electron chi connectivity index (χ0n) is 15.4. The van der Waals surface area contributed by atoms with E-state index >= 15 is 0 Å². The largest absolute Gasteiger partial charge is 0.384 e. The van der Waals surface area contributed by atoms with Gasteiger partial charge in [0.15, 0.2) is 5.78 Å². The molecule has 0 saturated carbocycles. The summed E-state index contributed by atoms with van der Waals surface area (Å²) in [6.07, 6.45) is 0. The van der Waals surface area contributed by atoms with Gasteiger partial charge in [0.2, 0.25) is 0 Å². The molecule has 26 heavy (non-hydrogen) atoms. The molecule has 4 rings (SSSR count). The lowest BCUT2D eigenvalue weighted by molar-refractivity contribution is -0.116. The molecule has 0 fully saturated rings. The highest BCUT2D eigenvalue weighted by Gasteiger charge is 2.47. The Hall–Kier alpha value is -3.08. The fourth-order valence-corrected chi connectivity index (χ4v) is 3.78. The number of ketones is 1. The highest BCUT2D eigenvalue weighted by molar-refractivity contribution is 6.29. The Bertz CT molecular complexity index is 1020. The van der Waals surface area contributed by atoms with E-state index in [-0.39, 0.29) is 5.78 Å². The standard InChI is InChI=1S/C21H22N4O/c1-12-9-13(2)11-14(10-12)25-19(22)17(18(26)21(25,3)4)20-23-15-7-5-6-8-16(15)24-20/h5-11H,22H2,1-4H3,(H,23,24). The molecule has 0 radical (unpaired) electrons. The summed E-state index contributed by atoms with van der Waals surface area (Å²) >= 11 is 0. The minimum atomic E-state index is -0.779. The van der Waals surface area contributed by atoms with Gasteiger partial charge in [-0.15, -0.1) is 0 Å². The molecule has 3 N–H and O–H groups in total. The number of nitrogens with one attached hydrogen (secondary N) is 1. The van der Waals surface area contributed by atoms with Crippen LogP contribution in [0.3, 0.4) is 0 Å². The van der Waals surface area contributed by atoms with Gasteiger partial charge in [0.05, 0.1) is 11.0 Å². The summed E-state index contributed by atoms with van der Waals surface area (Å²) in [5.74, 6) is 0.922. The van der Waals surface area contributed by atoms with Crippen LogP contribution in [0.2, 0.25) is 0 Å². The number of Topliss-reactive ketones (excluding diaryl/α,β-unsaturated/α-hetero) is 1. The Balaban J connectivity index is 1.91. The number of hydrogen-bond donors (Lipinski definition) is 2. The molecular formula is C21H22N4O. The molecule has 132 valence electrons. The highest BCUT2D eigenvalue weighted by Crippen LogP contribution is 2.40. The molecule has 2 aromatic carbocycles. The van der Waals surface area contributed by atoms with Crippen LogP contribution in [0.1, 0.15) is 30.8 Å². The smallest absolute Gasteiger partial charge is 0.195 e. The fourth-order valence-electron chi connectivity index (χ4n) is 3.78. The van der Waals surface area contributed by atoms with E-state index in [1.807, 2.05) is 56.9 Å². The summed E-state index contributed by atoms with van der Waals surface area (Å²) in [6.45, 7) is 7.88. The summed E-state index contributed by atoms with van der Waals surface area (Å²) in [5.41, 5.74) is 11.1. The van der Waals surface area contributed by atoms with Gasteiger partial charge in [-0.3, -0.25) is 4.79 Å². The van der Waals surface area contributed by atoms with Gasteiger partial charge in [0.1, 0.15) is 22.8 Å². The predicted octanol–water partition coefficient (Wildman–Crippen LogP) is 3.67. The lowest BCUT2D eigenvalue weighted by atomic mass is 9.95. The number of para-hydroxylation sites is 2. The van der Waals surface area contributed by atoms with Gasteiger partial charge in [-0.2, -0.15) is 0 Å². The molecule has 5 nitrogen and oxygen atoms in total. The van der Waals surface area contributed by atoms with Crippen molar-refractivity contribution in [2.24, 2.45) is 5.73 Å². The molecule has 5 heteroatoms. The van der Waals surface area contributed by atoms with Crippen molar-refractivity contribution in [3.05, 3.63) is 65.2 Å². The van der Waals surface area contributed by atoms with Crippen molar-refractivity contribution < 1.29 is 4.79 Å². The van der Waals surface area contributed by atoms with Crippen molar-refractivity contribution in [2.75, 3.05) is 4.90 Å². The van der Waals surface area contributed by atoms with Gasteiger partial charge in [-0.05, 0) is 63.1 Å². The van der Waals surface area contributed by atoms with E-state index in [1.54, 1.807) is 0 Å². The quantitative estimate of drug-likeness (QED) is 0.742. The molecule has 0 aliphatic carbocycles. The third-order valence-electron chi connectivity index (χ3n) is 4.93. The highest BCUT2D eigenvalue weighted by atomic mass is 16.1. The van der Waals surface area contributed by atoms with Crippen LogP contribution in [-0.4, -0.2) is 21.3 Å². The van der Waals surface area contributed by atoms with Crippen LogP contribution >= 0.6 is 0 Å². The lowest BCUT2D eigenvalue weighted by Crippen LogP contribution is -2.45. The average molecular weight is 346 g/mol. The number of aryl methyl sites for hydroxylation is 2. The van der Waals surface area contributed by atoms with Crippen molar-refractivity contribution in [1.29, 1.82) is 0 Å². The number of imidazole rings is 1. The first-order valence-corrected chi connectivity index (χ1v) is 8.67. The number of nitrogens with two attached hydrogens (primary N) is 1. The molecule has 1 aromatic heterocycles. The van der Waals surface area contributed by atoms with Gasteiger partial charge < -0.3 is 15.6 Å². The molecular weight excluding hydrogens is 324 g/mol. The average Bonchev–Trinajstić information content (AvgIpc) is 3.03. The molecule has 0 unspecified atom stereocenters. The second kappa shape index (κ2) is 5.46. The Kier molecular flexibility index (Phi) is 3.44. The van der Waals surface area contributed by atoms with Crippen molar-refractivity contribution in [3.63, 3.8) is 0 Å². The first kappa shape index (κ1) is 16.4. The summed E-state index contributed by atoms with van der Waals surface area (Å²) < 4.78 is 0. The first-order chi connectivity index (χ1) is 12.3. The van der Waals surface area contributed by atoms with Gasteiger partial charge in [-0.25, -0.2) is 4.98 Å². The molecule has 0 spiro atoms. The van der Waals surface area contributed by atoms with Crippen LogP contribution in [-0.2, 0) is 4.79 Å². The van der Waals surface area contributed by atoms with Crippen molar-refractivity contribution in [1.82, 2.24) is 9.97 Å².